The van der Waals surface area contributed by atoms with Crippen LogP contribution >= 0.6 is 0 Å². The van der Waals surface area contributed by atoms with Crippen LogP contribution < -0.4 is 5.32 Å². The summed E-state index contributed by atoms with van der Waals surface area (Å²) < 4.78 is 1.75. The van der Waals surface area contributed by atoms with Crippen LogP contribution in [-0.4, -0.2) is 20.9 Å². The first-order valence-corrected chi connectivity index (χ1v) is 8.67. The van der Waals surface area contributed by atoms with E-state index in [1.54, 1.807) is 10.8 Å². The van der Waals surface area contributed by atoms with Gasteiger partial charge < -0.3 is 5.32 Å². The number of anilines is 1. The molecule has 0 aliphatic carbocycles. The summed E-state index contributed by atoms with van der Waals surface area (Å²) in [5.74, 6) is -0.174. The summed E-state index contributed by atoms with van der Waals surface area (Å²) in [6, 6.07) is 16.1. The molecule has 5 heteroatoms. The Labute approximate surface area is 153 Å². The molecule has 1 heterocycles. The van der Waals surface area contributed by atoms with Crippen molar-refractivity contribution in [3.8, 4) is 0 Å². The molecule has 0 spiro atoms. The average Bonchev–Trinajstić information content (AvgIpc) is 3.10. The normalized spacial score (nSPS) is 11.0. The first kappa shape index (κ1) is 17.6. The van der Waals surface area contributed by atoms with Gasteiger partial charge in [0.25, 0.3) is 0 Å². The first-order chi connectivity index (χ1) is 12.7. The number of rotatable bonds is 6. The highest BCUT2D eigenvalue weighted by Crippen LogP contribution is 2.21. The number of nitrogens with zero attached hydrogens (tertiary/aromatic N) is 3. The average molecular weight is 346 g/mol. The third-order valence-corrected chi connectivity index (χ3v) is 4.14. The summed E-state index contributed by atoms with van der Waals surface area (Å²) in [4.78, 5) is 12.3. The Balaban J connectivity index is 1.64. The van der Waals surface area contributed by atoms with E-state index in [2.05, 4.69) is 22.6 Å². The second-order valence-corrected chi connectivity index (χ2v) is 6.11. The van der Waals surface area contributed by atoms with Crippen molar-refractivity contribution in [1.29, 1.82) is 0 Å². The Morgan fingerprint density at radius 3 is 2.73 bits per heavy atom. The highest BCUT2D eigenvalue weighted by atomic mass is 16.1. The van der Waals surface area contributed by atoms with Crippen molar-refractivity contribution in [2.24, 2.45) is 0 Å². The van der Waals surface area contributed by atoms with E-state index in [0.717, 1.165) is 28.8 Å². The van der Waals surface area contributed by atoms with Gasteiger partial charge in [-0.3, -0.25) is 4.79 Å². The minimum Gasteiger partial charge on any atom is -0.322 e. The van der Waals surface area contributed by atoms with Crippen LogP contribution in [0.4, 0.5) is 5.69 Å². The van der Waals surface area contributed by atoms with Gasteiger partial charge in [-0.25, -0.2) is 4.68 Å². The van der Waals surface area contributed by atoms with Crippen molar-refractivity contribution in [2.75, 3.05) is 5.32 Å². The molecule has 0 aliphatic rings. The van der Waals surface area contributed by atoms with Crippen molar-refractivity contribution < 1.29 is 4.79 Å². The van der Waals surface area contributed by atoms with Gasteiger partial charge in [0.05, 0.1) is 12.7 Å². The second kappa shape index (κ2) is 8.25. The minimum absolute atomic E-state index is 0.174. The predicted octanol–water partition coefficient (Wildman–Crippen LogP) is 3.85. The van der Waals surface area contributed by atoms with Crippen LogP contribution in [-0.2, 0) is 17.8 Å². The van der Waals surface area contributed by atoms with Gasteiger partial charge in [0, 0.05) is 11.8 Å². The number of nitrogens with one attached hydrogen (secondary N) is 1. The minimum atomic E-state index is -0.174. The number of hydrogen-bond donors (Lipinski definition) is 1. The molecule has 0 radical (unpaired) electrons. The lowest BCUT2D eigenvalue weighted by Gasteiger charge is -2.11. The fourth-order valence-electron chi connectivity index (χ4n) is 2.77. The first-order valence-electron chi connectivity index (χ1n) is 8.67. The molecule has 1 amide bonds. The van der Waals surface area contributed by atoms with Crippen molar-refractivity contribution in [3.05, 3.63) is 83.2 Å². The monoisotopic (exact) mass is 346 g/mol. The van der Waals surface area contributed by atoms with Crippen LogP contribution in [0.15, 0.2) is 60.8 Å². The van der Waals surface area contributed by atoms with E-state index in [1.165, 1.54) is 6.08 Å². The van der Waals surface area contributed by atoms with Crippen LogP contribution in [0.1, 0.15) is 29.3 Å². The van der Waals surface area contributed by atoms with E-state index < -0.39 is 0 Å². The van der Waals surface area contributed by atoms with E-state index in [-0.39, 0.29) is 5.91 Å². The van der Waals surface area contributed by atoms with Gasteiger partial charge in [-0.05, 0) is 36.1 Å². The highest BCUT2D eigenvalue weighted by molar-refractivity contribution is 6.02. The molecular formula is C21H22N4O. The number of carbonyl (C=O) groups is 1. The number of benzene rings is 2. The maximum Gasteiger partial charge on any atom is 0.248 e. The van der Waals surface area contributed by atoms with Crippen molar-refractivity contribution in [3.63, 3.8) is 0 Å². The maximum absolute atomic E-state index is 12.3. The number of aromatic nitrogens is 3. The quantitative estimate of drug-likeness (QED) is 0.690. The third kappa shape index (κ3) is 4.45. The molecule has 26 heavy (non-hydrogen) atoms. The Kier molecular flexibility index (Phi) is 5.59. The highest BCUT2D eigenvalue weighted by Gasteiger charge is 2.07. The van der Waals surface area contributed by atoms with E-state index in [9.17, 15) is 4.79 Å². The third-order valence-electron chi connectivity index (χ3n) is 4.14. The summed E-state index contributed by atoms with van der Waals surface area (Å²) in [6.07, 6.45) is 5.85. The number of carbonyl (C=O) groups excluding carboxylic acids is 1. The Hall–Kier alpha value is -3.21. The number of aryl methyl sites for hydroxylation is 2. The van der Waals surface area contributed by atoms with Crippen molar-refractivity contribution >= 4 is 17.7 Å². The number of hydrogen-bond acceptors (Lipinski definition) is 3. The molecule has 0 unspecified atom stereocenters. The standard InChI is InChI=1S/C21H22N4O/c1-3-18-11-7-8-16(2)21(18)22-20(26)13-12-19-15-25(24-23-19)14-17-9-5-4-6-10-17/h4-13,15H,3,14H2,1-2H3,(H,22,26)/b13-12+. The Morgan fingerprint density at radius 1 is 1.15 bits per heavy atom. The molecule has 0 saturated carbocycles. The number of amides is 1. The molecule has 132 valence electrons. The molecule has 0 saturated heterocycles. The van der Waals surface area contributed by atoms with Crippen LogP contribution in [0.2, 0.25) is 0 Å². The van der Waals surface area contributed by atoms with Gasteiger partial charge in [0.15, 0.2) is 0 Å². The van der Waals surface area contributed by atoms with Crippen LogP contribution in [0, 0.1) is 6.92 Å². The molecule has 1 aromatic heterocycles. The molecular weight excluding hydrogens is 324 g/mol. The molecule has 0 bridgehead atoms. The van der Waals surface area contributed by atoms with E-state index in [0.29, 0.717) is 12.2 Å². The molecule has 0 atom stereocenters. The van der Waals surface area contributed by atoms with E-state index in [4.69, 9.17) is 0 Å². The zero-order valence-corrected chi connectivity index (χ0v) is 15.0. The Bertz CT molecular complexity index is 913. The molecule has 5 nitrogen and oxygen atoms in total. The molecule has 0 aliphatic heterocycles. The van der Waals surface area contributed by atoms with Gasteiger partial charge >= 0.3 is 0 Å². The fraction of sp³-hybridized carbons (Fsp3) is 0.190. The topological polar surface area (TPSA) is 59.8 Å². The molecule has 0 fully saturated rings. The summed E-state index contributed by atoms with van der Waals surface area (Å²) in [5.41, 5.74) is 4.87. The van der Waals surface area contributed by atoms with Gasteiger partial charge in [-0.2, -0.15) is 0 Å². The summed E-state index contributed by atoms with van der Waals surface area (Å²) in [7, 11) is 0. The lowest BCUT2D eigenvalue weighted by molar-refractivity contribution is -0.111. The van der Waals surface area contributed by atoms with E-state index in [1.807, 2.05) is 61.7 Å². The number of para-hydroxylation sites is 1. The van der Waals surface area contributed by atoms with Gasteiger partial charge in [0.2, 0.25) is 5.91 Å². The largest absolute Gasteiger partial charge is 0.322 e. The maximum atomic E-state index is 12.3. The summed E-state index contributed by atoms with van der Waals surface area (Å²) in [6.45, 7) is 4.72. The van der Waals surface area contributed by atoms with E-state index >= 15 is 0 Å². The zero-order valence-electron chi connectivity index (χ0n) is 15.0. The van der Waals surface area contributed by atoms with Gasteiger partial charge in [0.1, 0.15) is 5.69 Å². The summed E-state index contributed by atoms with van der Waals surface area (Å²) in [5, 5.41) is 11.2. The van der Waals surface area contributed by atoms with Gasteiger partial charge in [-0.15, -0.1) is 5.10 Å². The summed E-state index contributed by atoms with van der Waals surface area (Å²) >= 11 is 0. The lowest BCUT2D eigenvalue weighted by Crippen LogP contribution is -2.11. The van der Waals surface area contributed by atoms with Crippen LogP contribution in [0.3, 0.4) is 0 Å². The van der Waals surface area contributed by atoms with Crippen molar-refractivity contribution in [1.82, 2.24) is 15.0 Å². The zero-order chi connectivity index (χ0) is 18.4. The van der Waals surface area contributed by atoms with Crippen molar-refractivity contribution in [2.45, 2.75) is 26.8 Å². The second-order valence-electron chi connectivity index (χ2n) is 6.11. The Morgan fingerprint density at radius 2 is 1.96 bits per heavy atom. The molecule has 2 aromatic carbocycles. The smallest absolute Gasteiger partial charge is 0.248 e. The van der Waals surface area contributed by atoms with Gasteiger partial charge in [-0.1, -0.05) is 60.7 Å². The predicted molar refractivity (Wildman–Crippen MR) is 104 cm³/mol. The van der Waals surface area contributed by atoms with Crippen LogP contribution in [0.25, 0.3) is 6.08 Å². The SMILES string of the molecule is CCc1cccc(C)c1NC(=O)/C=C/c1cn(Cc2ccccc2)nn1. The molecule has 3 aromatic rings. The lowest BCUT2D eigenvalue weighted by atomic mass is 10.1. The fourth-order valence-corrected chi connectivity index (χ4v) is 2.77. The molecule has 3 rings (SSSR count). The molecule has 1 N–H and O–H groups in total. The van der Waals surface area contributed by atoms with Crippen LogP contribution in [0.5, 0.6) is 0 Å².